The molecule has 2 N–H and O–H groups in total. The van der Waals surface area contributed by atoms with Gasteiger partial charge in [0.05, 0.1) is 13.7 Å². The molecule has 6 nitrogen and oxygen atoms in total. The molecule has 0 aliphatic carbocycles. The normalized spacial score (nSPS) is 12.0. The fourth-order valence-corrected chi connectivity index (χ4v) is 1.79. The van der Waals surface area contributed by atoms with Crippen molar-refractivity contribution in [3.05, 3.63) is 23.8 Å². The Kier molecular flexibility index (Phi) is 7.56. The van der Waals surface area contributed by atoms with Gasteiger partial charge in [0.25, 0.3) is 0 Å². The van der Waals surface area contributed by atoms with E-state index in [0.29, 0.717) is 31.1 Å². The van der Waals surface area contributed by atoms with Crippen LogP contribution in [0.4, 0.5) is 0 Å². The standard InChI is InChI=1S/C15H23NO5/c1-4-12(15(17)18)21-14-9-11(5-6-13(14)20-3)10-16-7-8-19-2/h5-6,9,12,16H,4,7-8,10H2,1-3H3,(H,17,18). The molecule has 0 amide bonds. The summed E-state index contributed by atoms with van der Waals surface area (Å²) in [4.78, 5) is 11.1. The van der Waals surface area contributed by atoms with Gasteiger partial charge in [0.2, 0.25) is 0 Å². The van der Waals surface area contributed by atoms with Gasteiger partial charge in [-0.1, -0.05) is 13.0 Å². The smallest absolute Gasteiger partial charge is 0.344 e. The number of hydrogen-bond donors (Lipinski definition) is 2. The van der Waals surface area contributed by atoms with Gasteiger partial charge in [-0.2, -0.15) is 0 Å². The minimum atomic E-state index is -0.983. The summed E-state index contributed by atoms with van der Waals surface area (Å²) in [5, 5.41) is 12.3. The van der Waals surface area contributed by atoms with E-state index in [4.69, 9.17) is 19.3 Å². The molecule has 21 heavy (non-hydrogen) atoms. The maximum atomic E-state index is 11.1. The van der Waals surface area contributed by atoms with Crippen LogP contribution in [-0.2, 0) is 16.1 Å². The summed E-state index contributed by atoms with van der Waals surface area (Å²) >= 11 is 0. The summed E-state index contributed by atoms with van der Waals surface area (Å²) in [5.41, 5.74) is 0.988. The summed E-state index contributed by atoms with van der Waals surface area (Å²) in [6.45, 7) is 3.79. The van der Waals surface area contributed by atoms with Crippen LogP contribution in [0.15, 0.2) is 18.2 Å². The molecule has 0 radical (unpaired) electrons. The third-order valence-corrected chi connectivity index (χ3v) is 2.96. The number of rotatable bonds is 10. The number of carbonyl (C=O) groups is 1. The van der Waals surface area contributed by atoms with Crippen molar-refractivity contribution >= 4 is 5.97 Å². The van der Waals surface area contributed by atoms with Crippen LogP contribution in [0.1, 0.15) is 18.9 Å². The highest BCUT2D eigenvalue weighted by Gasteiger charge is 2.19. The van der Waals surface area contributed by atoms with Crippen LogP contribution in [0, 0.1) is 0 Å². The van der Waals surface area contributed by atoms with Gasteiger partial charge < -0.3 is 24.6 Å². The molecule has 0 heterocycles. The lowest BCUT2D eigenvalue weighted by molar-refractivity contribution is -0.145. The number of benzene rings is 1. The van der Waals surface area contributed by atoms with Crippen molar-refractivity contribution < 1.29 is 24.1 Å². The van der Waals surface area contributed by atoms with Gasteiger partial charge in [0.15, 0.2) is 17.6 Å². The zero-order valence-electron chi connectivity index (χ0n) is 12.7. The topological polar surface area (TPSA) is 77.0 Å². The summed E-state index contributed by atoms with van der Waals surface area (Å²) < 4.78 is 15.7. The fraction of sp³-hybridized carbons (Fsp3) is 0.533. The lowest BCUT2D eigenvalue weighted by atomic mass is 10.2. The fourth-order valence-electron chi connectivity index (χ4n) is 1.79. The van der Waals surface area contributed by atoms with Gasteiger partial charge in [0.1, 0.15) is 0 Å². The second kappa shape index (κ2) is 9.20. The van der Waals surface area contributed by atoms with Crippen LogP contribution < -0.4 is 14.8 Å². The molecule has 118 valence electrons. The van der Waals surface area contributed by atoms with E-state index in [-0.39, 0.29) is 0 Å². The van der Waals surface area contributed by atoms with E-state index >= 15 is 0 Å². The quantitative estimate of drug-likeness (QED) is 0.640. The Hall–Kier alpha value is -1.79. The molecule has 6 heteroatoms. The van der Waals surface area contributed by atoms with Crippen molar-refractivity contribution in [3.8, 4) is 11.5 Å². The monoisotopic (exact) mass is 297 g/mol. The first-order valence-electron chi connectivity index (χ1n) is 6.88. The summed E-state index contributed by atoms with van der Waals surface area (Å²) in [6, 6.07) is 5.48. The minimum Gasteiger partial charge on any atom is -0.493 e. The van der Waals surface area contributed by atoms with Crippen LogP contribution in [0.25, 0.3) is 0 Å². The Labute approximate surface area is 125 Å². The first-order chi connectivity index (χ1) is 10.1. The highest BCUT2D eigenvalue weighted by molar-refractivity contribution is 5.72. The zero-order chi connectivity index (χ0) is 15.7. The maximum Gasteiger partial charge on any atom is 0.344 e. The first kappa shape index (κ1) is 17.3. The molecule has 0 saturated carbocycles. The highest BCUT2D eigenvalue weighted by Crippen LogP contribution is 2.29. The lowest BCUT2D eigenvalue weighted by Gasteiger charge is -2.17. The number of carboxylic acids is 1. The molecule has 1 atom stereocenters. The number of aliphatic carboxylic acids is 1. The van der Waals surface area contributed by atoms with E-state index in [2.05, 4.69) is 5.32 Å². The predicted molar refractivity (Wildman–Crippen MR) is 78.9 cm³/mol. The second-order valence-corrected chi connectivity index (χ2v) is 4.51. The maximum absolute atomic E-state index is 11.1. The van der Waals surface area contributed by atoms with Gasteiger partial charge in [-0.3, -0.25) is 0 Å². The van der Waals surface area contributed by atoms with E-state index in [0.717, 1.165) is 12.1 Å². The molecule has 0 aliphatic heterocycles. The highest BCUT2D eigenvalue weighted by atomic mass is 16.5. The number of nitrogens with one attached hydrogen (secondary N) is 1. The lowest BCUT2D eigenvalue weighted by Crippen LogP contribution is -2.26. The molecule has 0 aromatic heterocycles. The van der Waals surface area contributed by atoms with E-state index in [1.807, 2.05) is 6.07 Å². The van der Waals surface area contributed by atoms with Crippen molar-refractivity contribution in [2.45, 2.75) is 26.0 Å². The van der Waals surface area contributed by atoms with Crippen molar-refractivity contribution in [2.75, 3.05) is 27.4 Å². The summed E-state index contributed by atoms with van der Waals surface area (Å²) in [5.74, 6) is -0.0173. The van der Waals surface area contributed by atoms with Crippen LogP contribution in [0.2, 0.25) is 0 Å². The van der Waals surface area contributed by atoms with Gasteiger partial charge in [-0.15, -0.1) is 0 Å². The average molecular weight is 297 g/mol. The Morgan fingerprint density at radius 2 is 2.10 bits per heavy atom. The third-order valence-electron chi connectivity index (χ3n) is 2.96. The molecule has 1 unspecified atom stereocenters. The zero-order valence-corrected chi connectivity index (χ0v) is 12.7. The molecule has 0 spiro atoms. The molecule has 1 rings (SSSR count). The Morgan fingerprint density at radius 3 is 2.67 bits per heavy atom. The molecule has 1 aromatic carbocycles. The van der Waals surface area contributed by atoms with Crippen LogP contribution in [0.3, 0.4) is 0 Å². The molecule has 1 aromatic rings. The molecule has 0 saturated heterocycles. The van der Waals surface area contributed by atoms with Gasteiger partial charge in [-0.05, 0) is 24.1 Å². The number of methoxy groups -OCH3 is 2. The molecule has 0 bridgehead atoms. The number of carboxylic acid groups (broad SMARTS) is 1. The van der Waals surface area contributed by atoms with Gasteiger partial charge in [-0.25, -0.2) is 4.79 Å². The van der Waals surface area contributed by atoms with Gasteiger partial charge in [0, 0.05) is 20.2 Å². The molecule has 0 aliphatic rings. The predicted octanol–water partition coefficient (Wildman–Crippen LogP) is 1.67. The number of ether oxygens (including phenoxy) is 3. The van der Waals surface area contributed by atoms with E-state index < -0.39 is 12.1 Å². The van der Waals surface area contributed by atoms with Gasteiger partial charge >= 0.3 is 5.97 Å². The summed E-state index contributed by atoms with van der Waals surface area (Å²) in [7, 11) is 3.18. The largest absolute Gasteiger partial charge is 0.493 e. The molecular formula is C15H23NO5. The summed E-state index contributed by atoms with van der Waals surface area (Å²) in [6.07, 6.45) is -0.495. The van der Waals surface area contributed by atoms with Crippen LogP contribution in [-0.4, -0.2) is 44.6 Å². The molecular weight excluding hydrogens is 274 g/mol. The second-order valence-electron chi connectivity index (χ2n) is 4.51. The Bertz CT molecular complexity index is 450. The SMILES string of the molecule is CCC(Oc1cc(CNCCOC)ccc1OC)C(=O)O. The Morgan fingerprint density at radius 1 is 1.33 bits per heavy atom. The van der Waals surface area contributed by atoms with E-state index in [1.54, 1.807) is 26.2 Å². The van der Waals surface area contributed by atoms with Crippen LogP contribution >= 0.6 is 0 Å². The molecule has 0 fully saturated rings. The van der Waals surface area contributed by atoms with E-state index in [9.17, 15) is 4.79 Å². The minimum absolute atomic E-state index is 0.384. The Balaban J connectivity index is 2.77. The van der Waals surface area contributed by atoms with Crippen molar-refractivity contribution in [2.24, 2.45) is 0 Å². The average Bonchev–Trinajstić information content (AvgIpc) is 2.49. The number of hydrogen-bond acceptors (Lipinski definition) is 5. The van der Waals surface area contributed by atoms with Crippen molar-refractivity contribution in [3.63, 3.8) is 0 Å². The van der Waals surface area contributed by atoms with E-state index in [1.165, 1.54) is 7.11 Å². The first-order valence-corrected chi connectivity index (χ1v) is 6.88. The van der Waals surface area contributed by atoms with Crippen molar-refractivity contribution in [1.82, 2.24) is 5.32 Å². The van der Waals surface area contributed by atoms with Crippen LogP contribution in [0.5, 0.6) is 11.5 Å². The van der Waals surface area contributed by atoms with Crippen molar-refractivity contribution in [1.29, 1.82) is 0 Å². The third kappa shape index (κ3) is 5.61.